The number of benzene rings is 2. The van der Waals surface area contributed by atoms with E-state index in [0.29, 0.717) is 38.6 Å². The largest absolute Gasteiger partial charge is 0.486 e. The van der Waals surface area contributed by atoms with Crippen LogP contribution in [0.2, 0.25) is 0 Å². The van der Waals surface area contributed by atoms with E-state index in [0.717, 1.165) is 17.7 Å². The standard InChI is InChI=1S/C22H24N2O4/c25-21-13-18(15-24(21)9-8-16-4-2-1-3-5-16)22(26)23-14-17-6-7-19-20(12-17)28-11-10-27-19/h1-7,12,18H,8-11,13-15H2,(H,23,26). The predicted molar refractivity (Wildman–Crippen MR) is 104 cm³/mol. The van der Waals surface area contributed by atoms with Gasteiger partial charge in [-0.2, -0.15) is 0 Å². The molecule has 0 aliphatic carbocycles. The van der Waals surface area contributed by atoms with E-state index in [1.807, 2.05) is 36.4 Å². The van der Waals surface area contributed by atoms with Crippen molar-refractivity contribution in [2.75, 3.05) is 26.3 Å². The Bertz CT molecular complexity index is 853. The Morgan fingerprint density at radius 3 is 2.64 bits per heavy atom. The van der Waals surface area contributed by atoms with Crippen LogP contribution in [0.15, 0.2) is 48.5 Å². The third-order valence-electron chi connectivity index (χ3n) is 5.17. The zero-order valence-corrected chi connectivity index (χ0v) is 15.7. The second kappa shape index (κ2) is 8.33. The van der Waals surface area contributed by atoms with Crippen LogP contribution in [0.3, 0.4) is 0 Å². The average Bonchev–Trinajstić information content (AvgIpc) is 3.12. The summed E-state index contributed by atoms with van der Waals surface area (Å²) in [6, 6.07) is 15.7. The molecule has 0 aromatic heterocycles. The van der Waals surface area contributed by atoms with Crippen LogP contribution >= 0.6 is 0 Å². The minimum absolute atomic E-state index is 0.0513. The van der Waals surface area contributed by atoms with Gasteiger partial charge in [0.25, 0.3) is 0 Å². The van der Waals surface area contributed by atoms with E-state index >= 15 is 0 Å². The van der Waals surface area contributed by atoms with E-state index in [1.165, 1.54) is 5.56 Å². The van der Waals surface area contributed by atoms with Crippen LogP contribution in [0, 0.1) is 5.92 Å². The third kappa shape index (κ3) is 4.27. The third-order valence-corrected chi connectivity index (χ3v) is 5.17. The van der Waals surface area contributed by atoms with Crippen molar-refractivity contribution < 1.29 is 19.1 Å². The average molecular weight is 380 g/mol. The Morgan fingerprint density at radius 1 is 1.04 bits per heavy atom. The van der Waals surface area contributed by atoms with Crippen molar-refractivity contribution in [2.45, 2.75) is 19.4 Å². The van der Waals surface area contributed by atoms with Gasteiger partial charge >= 0.3 is 0 Å². The van der Waals surface area contributed by atoms with Crippen molar-refractivity contribution in [2.24, 2.45) is 5.92 Å². The molecule has 2 aliphatic rings. The van der Waals surface area contributed by atoms with Gasteiger partial charge in [-0.3, -0.25) is 9.59 Å². The van der Waals surface area contributed by atoms with E-state index < -0.39 is 0 Å². The highest BCUT2D eigenvalue weighted by Crippen LogP contribution is 2.30. The first kappa shape index (κ1) is 18.3. The SMILES string of the molecule is O=C(NCc1ccc2c(c1)OCCO2)C1CC(=O)N(CCc2ccccc2)C1. The Hall–Kier alpha value is -3.02. The van der Waals surface area contributed by atoms with Gasteiger partial charge in [-0.1, -0.05) is 36.4 Å². The molecule has 0 spiro atoms. The van der Waals surface area contributed by atoms with Gasteiger partial charge in [-0.05, 0) is 29.7 Å². The van der Waals surface area contributed by atoms with Crippen LogP contribution in [0.1, 0.15) is 17.5 Å². The summed E-state index contributed by atoms with van der Waals surface area (Å²) in [5.74, 6) is 1.12. The molecule has 6 heteroatoms. The van der Waals surface area contributed by atoms with Crippen molar-refractivity contribution >= 4 is 11.8 Å². The minimum atomic E-state index is -0.291. The summed E-state index contributed by atoms with van der Waals surface area (Å²) in [7, 11) is 0. The lowest BCUT2D eigenvalue weighted by Gasteiger charge is -2.19. The number of ether oxygens (including phenoxy) is 2. The normalized spacial score (nSPS) is 18.2. The molecule has 1 unspecified atom stereocenters. The maximum absolute atomic E-state index is 12.5. The van der Waals surface area contributed by atoms with Gasteiger partial charge in [0.05, 0.1) is 5.92 Å². The first-order valence-corrected chi connectivity index (χ1v) is 9.67. The summed E-state index contributed by atoms with van der Waals surface area (Å²) < 4.78 is 11.1. The highest BCUT2D eigenvalue weighted by atomic mass is 16.6. The second-order valence-corrected chi connectivity index (χ2v) is 7.17. The van der Waals surface area contributed by atoms with E-state index in [1.54, 1.807) is 4.90 Å². The Morgan fingerprint density at radius 2 is 1.82 bits per heavy atom. The number of likely N-dealkylation sites (tertiary alicyclic amines) is 1. The van der Waals surface area contributed by atoms with Gasteiger partial charge in [-0.15, -0.1) is 0 Å². The van der Waals surface area contributed by atoms with Crippen molar-refractivity contribution in [3.8, 4) is 11.5 Å². The number of fused-ring (bicyclic) bond motifs is 1. The Balaban J connectivity index is 1.27. The number of nitrogens with one attached hydrogen (secondary N) is 1. The summed E-state index contributed by atoms with van der Waals surface area (Å²) in [5, 5.41) is 2.95. The molecule has 1 saturated heterocycles. The van der Waals surface area contributed by atoms with Gasteiger partial charge in [0.15, 0.2) is 11.5 Å². The summed E-state index contributed by atoms with van der Waals surface area (Å²) in [4.78, 5) is 26.6. The van der Waals surface area contributed by atoms with Crippen LogP contribution in [-0.4, -0.2) is 43.0 Å². The fraction of sp³-hybridized carbons (Fsp3) is 0.364. The predicted octanol–water partition coefficient (Wildman–Crippen LogP) is 2.17. The lowest BCUT2D eigenvalue weighted by molar-refractivity contribution is -0.129. The van der Waals surface area contributed by atoms with Gasteiger partial charge in [0, 0.05) is 26.1 Å². The van der Waals surface area contributed by atoms with Crippen molar-refractivity contribution in [1.82, 2.24) is 10.2 Å². The number of hydrogen-bond donors (Lipinski definition) is 1. The highest BCUT2D eigenvalue weighted by molar-refractivity contribution is 5.89. The fourth-order valence-electron chi connectivity index (χ4n) is 3.60. The molecule has 1 N–H and O–H groups in total. The van der Waals surface area contributed by atoms with Gasteiger partial charge in [0.1, 0.15) is 13.2 Å². The quantitative estimate of drug-likeness (QED) is 0.834. The number of hydrogen-bond acceptors (Lipinski definition) is 4. The number of rotatable bonds is 6. The van der Waals surface area contributed by atoms with Crippen LogP contribution in [-0.2, 0) is 22.6 Å². The molecule has 2 aromatic carbocycles. The zero-order chi connectivity index (χ0) is 19.3. The first-order chi connectivity index (χ1) is 13.7. The van der Waals surface area contributed by atoms with E-state index in [2.05, 4.69) is 17.4 Å². The molecule has 1 atom stereocenters. The molecule has 1 fully saturated rings. The second-order valence-electron chi connectivity index (χ2n) is 7.17. The molecule has 2 amide bonds. The highest BCUT2D eigenvalue weighted by Gasteiger charge is 2.33. The molecule has 0 saturated carbocycles. The van der Waals surface area contributed by atoms with Crippen molar-refractivity contribution in [3.05, 3.63) is 59.7 Å². The number of amides is 2. The number of carbonyl (C=O) groups excluding carboxylic acids is 2. The molecule has 2 aromatic rings. The number of carbonyl (C=O) groups is 2. The van der Waals surface area contributed by atoms with Crippen molar-refractivity contribution in [3.63, 3.8) is 0 Å². The molecule has 28 heavy (non-hydrogen) atoms. The smallest absolute Gasteiger partial charge is 0.225 e. The fourth-order valence-corrected chi connectivity index (χ4v) is 3.60. The lowest BCUT2D eigenvalue weighted by atomic mass is 10.1. The van der Waals surface area contributed by atoms with E-state index in [9.17, 15) is 9.59 Å². The molecule has 0 radical (unpaired) electrons. The van der Waals surface area contributed by atoms with Crippen LogP contribution in [0.5, 0.6) is 11.5 Å². The molecule has 2 heterocycles. The van der Waals surface area contributed by atoms with Crippen molar-refractivity contribution in [1.29, 1.82) is 0 Å². The minimum Gasteiger partial charge on any atom is -0.486 e. The van der Waals surface area contributed by atoms with E-state index in [-0.39, 0.29) is 24.2 Å². The Kier molecular flexibility index (Phi) is 5.46. The summed E-state index contributed by atoms with van der Waals surface area (Å²) >= 11 is 0. The van der Waals surface area contributed by atoms with Gasteiger partial charge < -0.3 is 19.7 Å². The van der Waals surface area contributed by atoms with Gasteiger partial charge in [-0.25, -0.2) is 0 Å². The lowest BCUT2D eigenvalue weighted by Crippen LogP contribution is -2.33. The topological polar surface area (TPSA) is 67.9 Å². The molecular formula is C22H24N2O4. The molecule has 2 aliphatic heterocycles. The summed E-state index contributed by atoms with van der Waals surface area (Å²) in [5.41, 5.74) is 2.14. The van der Waals surface area contributed by atoms with Crippen LogP contribution in [0.4, 0.5) is 0 Å². The zero-order valence-electron chi connectivity index (χ0n) is 15.7. The van der Waals surface area contributed by atoms with Crippen LogP contribution < -0.4 is 14.8 Å². The molecular weight excluding hydrogens is 356 g/mol. The summed E-state index contributed by atoms with van der Waals surface area (Å²) in [6.45, 7) is 2.63. The molecule has 6 nitrogen and oxygen atoms in total. The van der Waals surface area contributed by atoms with Crippen LogP contribution in [0.25, 0.3) is 0 Å². The van der Waals surface area contributed by atoms with E-state index in [4.69, 9.17) is 9.47 Å². The molecule has 0 bridgehead atoms. The maximum atomic E-state index is 12.5. The maximum Gasteiger partial charge on any atom is 0.225 e. The molecule has 146 valence electrons. The Labute approximate surface area is 164 Å². The molecule has 4 rings (SSSR count). The van der Waals surface area contributed by atoms with Gasteiger partial charge in [0.2, 0.25) is 11.8 Å². The summed E-state index contributed by atoms with van der Waals surface area (Å²) in [6.07, 6.45) is 1.08. The number of nitrogens with zero attached hydrogens (tertiary/aromatic N) is 1. The monoisotopic (exact) mass is 380 g/mol. The first-order valence-electron chi connectivity index (χ1n) is 9.67.